The minimum atomic E-state index is 0. The summed E-state index contributed by atoms with van der Waals surface area (Å²) in [5, 5.41) is 14.1. The summed E-state index contributed by atoms with van der Waals surface area (Å²) >= 11 is 0. The molecular formula is C26H58Cl2N6Ti2+2. The summed E-state index contributed by atoms with van der Waals surface area (Å²) in [5.41, 5.74) is 0. The van der Waals surface area contributed by atoms with Crippen LogP contribution in [-0.2, 0) is 43.4 Å². The fraction of sp³-hybridized carbons (Fsp3) is 1.00. The van der Waals surface area contributed by atoms with Crippen LogP contribution in [-0.4, -0.2) is 102 Å². The molecule has 0 aromatic carbocycles. The van der Waals surface area contributed by atoms with E-state index in [1.165, 1.54) is 156 Å². The van der Waals surface area contributed by atoms with E-state index in [1.807, 2.05) is 0 Å². The minimum Gasteiger partial charge on any atom is -1.00 e. The summed E-state index contributed by atoms with van der Waals surface area (Å²) in [6.07, 6.45) is 15.9. The van der Waals surface area contributed by atoms with Crippen LogP contribution in [0.15, 0.2) is 0 Å². The van der Waals surface area contributed by atoms with Crippen molar-refractivity contribution in [2.75, 3.05) is 92.6 Å². The molecule has 2 aliphatic heterocycles. The maximum atomic E-state index is 3.52. The first-order chi connectivity index (χ1) is 15.8. The van der Waals surface area contributed by atoms with E-state index in [0.717, 1.165) is 0 Å². The molecule has 2 saturated heterocycles. The molecular weight excluding hydrogens is 563 g/mol. The van der Waals surface area contributed by atoms with Gasteiger partial charge in [-0.15, -0.1) is 0 Å². The number of halogens is 2. The monoisotopic (exact) mass is 620 g/mol. The van der Waals surface area contributed by atoms with Gasteiger partial charge in [-0.3, -0.25) is 0 Å². The molecule has 0 aromatic heterocycles. The van der Waals surface area contributed by atoms with E-state index in [4.69, 9.17) is 0 Å². The van der Waals surface area contributed by atoms with E-state index >= 15 is 0 Å². The number of rotatable bonds is 0. The minimum absolute atomic E-state index is 0. The van der Waals surface area contributed by atoms with Gasteiger partial charge in [-0.05, 0) is 170 Å². The molecule has 0 aromatic rings. The first-order valence-electron chi connectivity index (χ1n) is 14.0. The molecule has 2 aliphatic rings. The van der Waals surface area contributed by atoms with E-state index in [1.54, 1.807) is 0 Å². The Bertz CT molecular complexity index is 324. The van der Waals surface area contributed by atoms with Gasteiger partial charge >= 0.3 is 43.4 Å². The predicted octanol–water partition coefficient (Wildman–Crippen LogP) is -3.09. The van der Waals surface area contributed by atoms with Gasteiger partial charge in [0.2, 0.25) is 0 Å². The maximum absolute atomic E-state index is 3.52. The Kier molecular flexibility index (Phi) is 45.7. The number of hydrogen-bond acceptors (Lipinski definition) is 6. The van der Waals surface area contributed by atoms with Crippen molar-refractivity contribution >= 4 is 0 Å². The molecule has 212 valence electrons. The standard InChI is InChI=1S/2C13H29N3.2ClH.2Ti/c2*1-16-12-6-4-10-14-8-2-3-9-15-11-5-7-13-16;;;;/h2*14-15H,2-13H2,1H3;2*1H;;/q;;;;2*+2/p-2. The summed E-state index contributed by atoms with van der Waals surface area (Å²) in [5.74, 6) is 0. The second-order valence-corrected chi connectivity index (χ2v) is 9.85. The van der Waals surface area contributed by atoms with Crippen molar-refractivity contribution in [1.29, 1.82) is 0 Å². The third-order valence-corrected chi connectivity index (χ3v) is 6.49. The fourth-order valence-electron chi connectivity index (χ4n) is 4.25. The Morgan fingerprint density at radius 3 is 0.694 bits per heavy atom. The summed E-state index contributed by atoms with van der Waals surface area (Å²) in [7, 11) is 4.50. The van der Waals surface area contributed by atoms with E-state index < -0.39 is 0 Å². The Morgan fingerprint density at radius 2 is 0.500 bits per heavy atom. The van der Waals surface area contributed by atoms with Crippen LogP contribution in [0.4, 0.5) is 0 Å². The van der Waals surface area contributed by atoms with Crippen molar-refractivity contribution in [3.8, 4) is 0 Å². The summed E-state index contributed by atoms with van der Waals surface area (Å²) in [6, 6.07) is 0. The van der Waals surface area contributed by atoms with Crippen molar-refractivity contribution in [2.24, 2.45) is 0 Å². The molecule has 10 heteroatoms. The molecule has 2 heterocycles. The third kappa shape index (κ3) is 33.8. The quantitative estimate of drug-likeness (QED) is 0.216. The van der Waals surface area contributed by atoms with Crippen LogP contribution >= 0.6 is 0 Å². The zero-order valence-electron chi connectivity index (χ0n) is 23.6. The molecule has 0 amide bonds. The Labute approximate surface area is 267 Å². The molecule has 6 nitrogen and oxygen atoms in total. The average Bonchev–Trinajstić information content (AvgIpc) is 2.80. The maximum Gasteiger partial charge on any atom is 2.00 e. The third-order valence-electron chi connectivity index (χ3n) is 6.49. The van der Waals surface area contributed by atoms with Crippen LogP contribution in [0.3, 0.4) is 0 Å². The molecule has 0 aliphatic carbocycles. The van der Waals surface area contributed by atoms with Gasteiger partial charge in [-0.25, -0.2) is 0 Å². The Balaban J connectivity index is -0.000000256. The first kappa shape index (κ1) is 44.8. The number of nitrogens with one attached hydrogen (secondary N) is 4. The van der Waals surface area contributed by atoms with Gasteiger partial charge in [-0.2, -0.15) is 0 Å². The molecule has 36 heavy (non-hydrogen) atoms. The van der Waals surface area contributed by atoms with Gasteiger partial charge in [0.1, 0.15) is 0 Å². The first-order valence-corrected chi connectivity index (χ1v) is 14.0. The van der Waals surface area contributed by atoms with E-state index in [-0.39, 0.29) is 68.2 Å². The van der Waals surface area contributed by atoms with E-state index in [2.05, 4.69) is 45.2 Å². The molecule has 4 N–H and O–H groups in total. The van der Waals surface area contributed by atoms with Gasteiger partial charge in [-0.1, -0.05) is 0 Å². The van der Waals surface area contributed by atoms with Crippen molar-refractivity contribution in [3.63, 3.8) is 0 Å². The Morgan fingerprint density at radius 1 is 0.333 bits per heavy atom. The topological polar surface area (TPSA) is 54.6 Å². The smallest absolute Gasteiger partial charge is 1.00 e. The van der Waals surface area contributed by atoms with Crippen LogP contribution in [0, 0.1) is 0 Å². The Hall–Kier alpha value is 1.77. The number of nitrogens with zero attached hydrogens (tertiary/aromatic N) is 2. The molecule has 2 rings (SSSR count). The normalized spacial score (nSPS) is 21.8. The summed E-state index contributed by atoms with van der Waals surface area (Å²) in [6.45, 7) is 14.6. The second-order valence-electron chi connectivity index (χ2n) is 9.85. The zero-order valence-corrected chi connectivity index (χ0v) is 28.3. The largest absolute Gasteiger partial charge is 2.00 e. The molecule has 0 atom stereocenters. The molecule has 2 fully saturated rings. The van der Waals surface area contributed by atoms with Gasteiger partial charge in [0.25, 0.3) is 0 Å². The van der Waals surface area contributed by atoms with Crippen molar-refractivity contribution in [3.05, 3.63) is 0 Å². The fourth-order valence-corrected chi connectivity index (χ4v) is 4.25. The molecule has 0 saturated carbocycles. The number of hydrogen-bond donors (Lipinski definition) is 4. The van der Waals surface area contributed by atoms with E-state index in [0.29, 0.717) is 0 Å². The molecule has 0 unspecified atom stereocenters. The second kappa shape index (κ2) is 36.8. The molecule has 0 radical (unpaired) electrons. The van der Waals surface area contributed by atoms with Crippen LogP contribution in [0.2, 0.25) is 0 Å². The van der Waals surface area contributed by atoms with Crippen molar-refractivity contribution in [2.45, 2.75) is 77.0 Å². The van der Waals surface area contributed by atoms with Crippen LogP contribution in [0.5, 0.6) is 0 Å². The van der Waals surface area contributed by atoms with Gasteiger partial charge < -0.3 is 55.9 Å². The van der Waals surface area contributed by atoms with Crippen LogP contribution < -0.4 is 46.1 Å². The SMILES string of the molecule is CN1CCCCNCCCCNCCCC1.CN1CCCCNCCCCNCCCC1.[Cl-].[Cl-].[Ti+2].[Ti+2]. The molecule has 0 bridgehead atoms. The molecule has 0 spiro atoms. The van der Waals surface area contributed by atoms with Gasteiger partial charge in [0.05, 0.1) is 0 Å². The van der Waals surface area contributed by atoms with E-state index in [9.17, 15) is 0 Å². The van der Waals surface area contributed by atoms with Crippen molar-refractivity contribution < 1.29 is 68.2 Å². The predicted molar refractivity (Wildman–Crippen MR) is 142 cm³/mol. The van der Waals surface area contributed by atoms with Crippen molar-refractivity contribution in [1.82, 2.24) is 31.1 Å². The van der Waals surface area contributed by atoms with Gasteiger partial charge in [0.15, 0.2) is 0 Å². The van der Waals surface area contributed by atoms with Gasteiger partial charge in [0, 0.05) is 0 Å². The summed E-state index contributed by atoms with van der Waals surface area (Å²) < 4.78 is 0. The average molecular weight is 621 g/mol. The summed E-state index contributed by atoms with van der Waals surface area (Å²) in [4.78, 5) is 4.94. The van der Waals surface area contributed by atoms with Crippen LogP contribution in [0.25, 0.3) is 0 Å². The van der Waals surface area contributed by atoms with Crippen LogP contribution in [0.1, 0.15) is 77.0 Å². The zero-order chi connectivity index (χ0) is 23.0.